The fourth-order valence-electron chi connectivity index (χ4n) is 1.92. The molecule has 1 unspecified atom stereocenters. The minimum Gasteiger partial charge on any atom is -0.380 e. The lowest BCUT2D eigenvalue weighted by atomic mass is 10.3. The molecule has 1 aliphatic heterocycles. The fraction of sp³-hybridized carbons (Fsp3) is 0.636. The van der Waals surface area contributed by atoms with Crippen LogP contribution < -0.4 is 0 Å². The fourth-order valence-corrected chi connectivity index (χ4v) is 2.86. The number of rotatable bonds is 3. The summed E-state index contributed by atoms with van der Waals surface area (Å²) in [5.74, 6) is 0. The van der Waals surface area contributed by atoms with Crippen LogP contribution in [0.1, 0.15) is 16.2 Å². The predicted octanol–water partition coefficient (Wildman–Crippen LogP) is 2.28. The zero-order chi connectivity index (χ0) is 9.97. The van der Waals surface area contributed by atoms with Gasteiger partial charge in [0.2, 0.25) is 0 Å². The number of thiophene rings is 1. The average Bonchev–Trinajstić information content (AvgIpc) is 2.76. The molecule has 2 rings (SSSR count). The molecule has 1 aromatic heterocycles. The quantitative estimate of drug-likeness (QED) is 0.760. The van der Waals surface area contributed by atoms with Gasteiger partial charge in [0.25, 0.3) is 0 Å². The van der Waals surface area contributed by atoms with Gasteiger partial charge in [-0.3, -0.25) is 4.90 Å². The number of aryl methyl sites for hydroxylation is 1. The maximum Gasteiger partial charge on any atom is 0.0710 e. The van der Waals surface area contributed by atoms with Crippen molar-refractivity contribution in [1.29, 1.82) is 0 Å². The van der Waals surface area contributed by atoms with Crippen LogP contribution in [0, 0.1) is 6.92 Å². The molecule has 0 aromatic carbocycles. The third kappa shape index (κ3) is 2.35. The van der Waals surface area contributed by atoms with E-state index >= 15 is 0 Å². The zero-order valence-corrected chi connectivity index (χ0v) is 9.64. The smallest absolute Gasteiger partial charge is 0.0710 e. The molecule has 1 saturated heterocycles. The number of nitrogens with zero attached hydrogens (tertiary/aromatic N) is 1. The van der Waals surface area contributed by atoms with Gasteiger partial charge in [0.1, 0.15) is 0 Å². The first kappa shape index (κ1) is 10.1. The molecule has 1 fully saturated rings. The summed E-state index contributed by atoms with van der Waals surface area (Å²) in [5.41, 5.74) is 0. The molecule has 1 atom stereocenters. The van der Waals surface area contributed by atoms with Crippen LogP contribution in [-0.4, -0.2) is 31.2 Å². The lowest BCUT2D eigenvalue weighted by molar-refractivity contribution is 0.107. The molecule has 2 nitrogen and oxygen atoms in total. The van der Waals surface area contributed by atoms with Gasteiger partial charge in [0, 0.05) is 36.5 Å². The molecule has 2 heterocycles. The van der Waals surface area contributed by atoms with Crippen molar-refractivity contribution < 1.29 is 4.74 Å². The van der Waals surface area contributed by atoms with Gasteiger partial charge < -0.3 is 4.74 Å². The monoisotopic (exact) mass is 211 g/mol. The van der Waals surface area contributed by atoms with Gasteiger partial charge in [-0.1, -0.05) is 0 Å². The molecule has 0 spiro atoms. The van der Waals surface area contributed by atoms with Gasteiger partial charge in [-0.2, -0.15) is 0 Å². The van der Waals surface area contributed by atoms with Crippen molar-refractivity contribution >= 4 is 11.3 Å². The van der Waals surface area contributed by atoms with E-state index in [-0.39, 0.29) is 0 Å². The van der Waals surface area contributed by atoms with Crippen molar-refractivity contribution in [1.82, 2.24) is 4.90 Å². The molecule has 0 bridgehead atoms. The Kier molecular flexibility index (Phi) is 3.21. The molecule has 0 radical (unpaired) electrons. The first-order valence-corrected chi connectivity index (χ1v) is 5.90. The average molecular weight is 211 g/mol. The Bertz CT molecular complexity index is 297. The van der Waals surface area contributed by atoms with E-state index in [1.54, 1.807) is 0 Å². The van der Waals surface area contributed by atoms with Crippen LogP contribution in [-0.2, 0) is 11.3 Å². The van der Waals surface area contributed by atoms with Crippen molar-refractivity contribution in [3.8, 4) is 0 Å². The molecule has 1 aliphatic rings. The number of likely N-dealkylation sites (tertiary alicyclic amines) is 1. The zero-order valence-electron chi connectivity index (χ0n) is 8.82. The van der Waals surface area contributed by atoms with Crippen LogP contribution in [0.4, 0.5) is 0 Å². The lowest BCUT2D eigenvalue weighted by Crippen LogP contribution is -2.21. The highest BCUT2D eigenvalue weighted by molar-refractivity contribution is 7.11. The topological polar surface area (TPSA) is 12.5 Å². The second kappa shape index (κ2) is 4.43. The Morgan fingerprint density at radius 1 is 1.57 bits per heavy atom. The number of methoxy groups -OCH3 is 1. The van der Waals surface area contributed by atoms with Gasteiger partial charge in [0.05, 0.1) is 6.10 Å². The molecular formula is C11H17NOS. The molecule has 3 heteroatoms. The van der Waals surface area contributed by atoms with E-state index in [0.29, 0.717) is 6.10 Å². The molecule has 14 heavy (non-hydrogen) atoms. The Morgan fingerprint density at radius 2 is 2.43 bits per heavy atom. The number of hydrogen-bond donors (Lipinski definition) is 0. The van der Waals surface area contributed by atoms with E-state index in [0.717, 1.165) is 13.1 Å². The van der Waals surface area contributed by atoms with Crippen molar-refractivity contribution in [3.05, 3.63) is 21.9 Å². The summed E-state index contributed by atoms with van der Waals surface area (Å²) in [6, 6.07) is 4.43. The number of hydrogen-bond acceptors (Lipinski definition) is 3. The van der Waals surface area contributed by atoms with Crippen LogP contribution in [0.2, 0.25) is 0 Å². The van der Waals surface area contributed by atoms with Crippen LogP contribution in [0.15, 0.2) is 12.1 Å². The minimum absolute atomic E-state index is 0.455. The van der Waals surface area contributed by atoms with E-state index in [9.17, 15) is 0 Å². The third-order valence-electron chi connectivity index (χ3n) is 2.74. The van der Waals surface area contributed by atoms with E-state index in [1.165, 1.54) is 22.7 Å². The van der Waals surface area contributed by atoms with Crippen LogP contribution >= 0.6 is 11.3 Å². The molecule has 0 N–H and O–H groups in total. The highest BCUT2D eigenvalue weighted by Crippen LogP contribution is 2.20. The van der Waals surface area contributed by atoms with Crippen molar-refractivity contribution in [2.24, 2.45) is 0 Å². The first-order valence-electron chi connectivity index (χ1n) is 5.08. The van der Waals surface area contributed by atoms with Gasteiger partial charge in [-0.05, 0) is 25.5 Å². The van der Waals surface area contributed by atoms with Crippen LogP contribution in [0.25, 0.3) is 0 Å². The lowest BCUT2D eigenvalue weighted by Gasteiger charge is -2.13. The van der Waals surface area contributed by atoms with Crippen molar-refractivity contribution in [2.75, 3.05) is 20.2 Å². The van der Waals surface area contributed by atoms with Crippen molar-refractivity contribution in [2.45, 2.75) is 26.0 Å². The Labute approximate surface area is 89.5 Å². The standard InChI is InChI=1S/C11H17NOS/c1-9-3-4-11(14-9)8-12-6-5-10(7-12)13-2/h3-4,10H,5-8H2,1-2H3. The van der Waals surface area contributed by atoms with Gasteiger partial charge in [-0.15, -0.1) is 11.3 Å². The summed E-state index contributed by atoms with van der Waals surface area (Å²) in [7, 11) is 1.81. The molecule has 78 valence electrons. The minimum atomic E-state index is 0.455. The second-order valence-electron chi connectivity index (χ2n) is 3.89. The van der Waals surface area contributed by atoms with Crippen LogP contribution in [0.3, 0.4) is 0 Å². The summed E-state index contributed by atoms with van der Waals surface area (Å²) in [6.07, 6.45) is 1.64. The van der Waals surface area contributed by atoms with Gasteiger partial charge >= 0.3 is 0 Å². The summed E-state index contributed by atoms with van der Waals surface area (Å²) < 4.78 is 5.35. The maximum absolute atomic E-state index is 5.35. The van der Waals surface area contributed by atoms with E-state index in [2.05, 4.69) is 24.0 Å². The second-order valence-corrected chi connectivity index (χ2v) is 5.27. The summed E-state index contributed by atoms with van der Waals surface area (Å²) in [4.78, 5) is 5.35. The SMILES string of the molecule is COC1CCN(Cc2ccc(C)s2)C1. The van der Waals surface area contributed by atoms with E-state index in [4.69, 9.17) is 4.74 Å². The molecular weight excluding hydrogens is 194 g/mol. The molecule has 0 aliphatic carbocycles. The third-order valence-corrected chi connectivity index (χ3v) is 3.72. The first-order chi connectivity index (χ1) is 6.78. The Hall–Kier alpha value is -0.380. The Balaban J connectivity index is 1.87. The highest BCUT2D eigenvalue weighted by atomic mass is 32.1. The number of ether oxygens (including phenoxy) is 1. The summed E-state index contributed by atoms with van der Waals surface area (Å²) in [5, 5.41) is 0. The normalized spacial score (nSPS) is 23.1. The predicted molar refractivity (Wildman–Crippen MR) is 59.7 cm³/mol. The van der Waals surface area contributed by atoms with E-state index in [1.807, 2.05) is 18.4 Å². The van der Waals surface area contributed by atoms with Gasteiger partial charge in [0.15, 0.2) is 0 Å². The van der Waals surface area contributed by atoms with Gasteiger partial charge in [-0.25, -0.2) is 0 Å². The van der Waals surface area contributed by atoms with Crippen molar-refractivity contribution in [3.63, 3.8) is 0 Å². The Morgan fingerprint density at radius 3 is 3.00 bits per heavy atom. The summed E-state index contributed by atoms with van der Waals surface area (Å²) in [6.45, 7) is 5.53. The molecule has 0 amide bonds. The largest absolute Gasteiger partial charge is 0.380 e. The molecule has 0 saturated carbocycles. The van der Waals surface area contributed by atoms with Crippen LogP contribution in [0.5, 0.6) is 0 Å². The summed E-state index contributed by atoms with van der Waals surface area (Å²) >= 11 is 1.90. The highest BCUT2D eigenvalue weighted by Gasteiger charge is 2.21. The van der Waals surface area contributed by atoms with E-state index < -0.39 is 0 Å². The molecule has 1 aromatic rings. The maximum atomic E-state index is 5.35.